The molecule has 1 fully saturated rings. The highest BCUT2D eigenvalue weighted by Gasteiger charge is 2.24. The molecular formula is C23H36N4O5. The highest BCUT2D eigenvalue weighted by molar-refractivity contribution is 5.94. The highest BCUT2D eigenvalue weighted by atomic mass is 16.5. The minimum absolute atomic E-state index is 0.234. The van der Waals surface area contributed by atoms with Gasteiger partial charge in [0.25, 0.3) is 0 Å². The smallest absolute Gasteiger partial charge is 0.224 e. The van der Waals surface area contributed by atoms with Gasteiger partial charge in [0.15, 0.2) is 17.5 Å². The number of rotatable bonds is 10. The molecule has 0 bridgehead atoms. The van der Waals surface area contributed by atoms with Crippen molar-refractivity contribution in [1.29, 1.82) is 0 Å². The number of ether oxygens (including phenoxy) is 4. The van der Waals surface area contributed by atoms with Crippen LogP contribution in [0.25, 0.3) is 0 Å². The van der Waals surface area contributed by atoms with E-state index in [0.717, 1.165) is 43.7 Å². The lowest BCUT2D eigenvalue weighted by Gasteiger charge is -2.20. The number of anilines is 1. The molecule has 1 atom stereocenters. The Morgan fingerprint density at radius 2 is 2.03 bits per heavy atom. The first-order valence-corrected chi connectivity index (χ1v) is 11.4. The molecule has 32 heavy (non-hydrogen) atoms. The van der Waals surface area contributed by atoms with Crippen LogP contribution >= 0.6 is 0 Å². The van der Waals surface area contributed by atoms with Crippen molar-refractivity contribution < 1.29 is 23.7 Å². The van der Waals surface area contributed by atoms with Crippen molar-refractivity contribution in [1.82, 2.24) is 5.32 Å². The summed E-state index contributed by atoms with van der Waals surface area (Å²) in [5, 5.41) is 6.59. The van der Waals surface area contributed by atoms with Crippen molar-refractivity contribution in [3.63, 3.8) is 0 Å². The van der Waals surface area contributed by atoms with Crippen molar-refractivity contribution in [2.45, 2.75) is 45.6 Å². The lowest BCUT2D eigenvalue weighted by Crippen LogP contribution is -2.37. The van der Waals surface area contributed by atoms with Crippen molar-refractivity contribution in [3.05, 3.63) is 18.2 Å². The van der Waals surface area contributed by atoms with Gasteiger partial charge in [0.2, 0.25) is 5.91 Å². The molecule has 1 aromatic carbocycles. The van der Waals surface area contributed by atoms with Crippen LogP contribution in [0.5, 0.6) is 11.5 Å². The van der Waals surface area contributed by atoms with Crippen molar-refractivity contribution in [2.75, 3.05) is 51.4 Å². The lowest BCUT2D eigenvalue weighted by molar-refractivity contribution is -0.125. The molecule has 1 unspecified atom stereocenters. The summed E-state index contributed by atoms with van der Waals surface area (Å²) in [6.07, 6.45) is 4.08. The fraction of sp³-hybridized carbons (Fsp3) is 0.652. The second-order valence-electron chi connectivity index (χ2n) is 8.74. The molecule has 2 heterocycles. The number of nitrogens with one attached hydrogen (secondary N) is 2. The molecule has 3 rings (SSSR count). The summed E-state index contributed by atoms with van der Waals surface area (Å²) < 4.78 is 22.8. The number of nitrogens with zero attached hydrogens (tertiary/aromatic N) is 1. The molecular weight excluding hydrogens is 412 g/mol. The van der Waals surface area contributed by atoms with Gasteiger partial charge >= 0.3 is 0 Å². The van der Waals surface area contributed by atoms with E-state index in [1.807, 2.05) is 18.2 Å². The zero-order valence-corrected chi connectivity index (χ0v) is 19.2. The van der Waals surface area contributed by atoms with Gasteiger partial charge in [-0.1, -0.05) is 0 Å². The number of fused-ring (bicyclic) bond motifs is 1. The predicted molar refractivity (Wildman–Crippen MR) is 123 cm³/mol. The average Bonchev–Trinajstić information content (AvgIpc) is 3.18. The van der Waals surface area contributed by atoms with E-state index >= 15 is 0 Å². The van der Waals surface area contributed by atoms with Crippen molar-refractivity contribution in [2.24, 2.45) is 16.1 Å². The number of aliphatic imine (C=N–C) groups is 1. The van der Waals surface area contributed by atoms with E-state index in [-0.39, 0.29) is 12.6 Å². The average molecular weight is 449 g/mol. The van der Waals surface area contributed by atoms with Gasteiger partial charge < -0.3 is 35.3 Å². The maximum absolute atomic E-state index is 11.7. The zero-order chi connectivity index (χ0) is 22.8. The molecule has 2 aliphatic heterocycles. The number of hydrogen-bond donors (Lipinski definition) is 3. The maximum Gasteiger partial charge on any atom is 0.224 e. The Morgan fingerprint density at radius 3 is 2.78 bits per heavy atom. The van der Waals surface area contributed by atoms with Crippen LogP contribution in [0.1, 0.15) is 39.5 Å². The molecule has 9 nitrogen and oxygen atoms in total. The summed E-state index contributed by atoms with van der Waals surface area (Å²) in [6.45, 7) is 7.87. The van der Waals surface area contributed by atoms with E-state index in [2.05, 4.69) is 15.6 Å². The largest absolute Gasteiger partial charge is 0.490 e. The van der Waals surface area contributed by atoms with Gasteiger partial charge in [-0.2, -0.15) is 0 Å². The van der Waals surface area contributed by atoms with E-state index in [9.17, 15) is 4.79 Å². The molecule has 0 spiro atoms. The monoisotopic (exact) mass is 448 g/mol. The van der Waals surface area contributed by atoms with E-state index in [1.165, 1.54) is 0 Å². The number of amides is 1. The Balaban J connectivity index is 1.55. The van der Waals surface area contributed by atoms with Crippen LogP contribution in [0, 0.1) is 5.41 Å². The van der Waals surface area contributed by atoms with Crippen molar-refractivity contribution >= 4 is 17.6 Å². The van der Waals surface area contributed by atoms with Gasteiger partial charge in [-0.15, -0.1) is 0 Å². The third-order valence-electron chi connectivity index (χ3n) is 5.40. The SMILES string of the molecule is CC(C)(CN=C(NCCCOCC1CCCO1)Nc1ccc2c(c1)OCCCO2)C(N)=O. The maximum atomic E-state index is 11.7. The third-order valence-corrected chi connectivity index (χ3v) is 5.40. The number of primary amides is 1. The molecule has 0 saturated carbocycles. The fourth-order valence-corrected chi connectivity index (χ4v) is 3.24. The minimum Gasteiger partial charge on any atom is -0.490 e. The molecule has 9 heteroatoms. The van der Waals surface area contributed by atoms with Crippen LogP contribution in [0.2, 0.25) is 0 Å². The Hall–Kier alpha value is -2.52. The predicted octanol–water partition coefficient (Wildman–Crippen LogP) is 2.30. The van der Waals surface area contributed by atoms with Gasteiger partial charge in [-0.25, -0.2) is 0 Å². The van der Waals surface area contributed by atoms with Crippen molar-refractivity contribution in [3.8, 4) is 11.5 Å². The molecule has 0 aromatic heterocycles. The van der Waals surface area contributed by atoms with E-state index in [0.29, 0.717) is 44.7 Å². The summed E-state index contributed by atoms with van der Waals surface area (Å²) >= 11 is 0. The third kappa shape index (κ3) is 7.56. The summed E-state index contributed by atoms with van der Waals surface area (Å²) in [5.41, 5.74) is 5.57. The van der Waals surface area contributed by atoms with E-state index < -0.39 is 11.3 Å². The normalized spacial score (nSPS) is 18.8. The van der Waals surface area contributed by atoms with Gasteiger partial charge in [0.05, 0.1) is 37.9 Å². The molecule has 178 valence electrons. The Kier molecular flexibility index (Phi) is 8.99. The molecule has 0 radical (unpaired) electrons. The second-order valence-corrected chi connectivity index (χ2v) is 8.74. The van der Waals surface area contributed by atoms with Crippen LogP contribution in [-0.2, 0) is 14.3 Å². The Labute approximate surface area is 190 Å². The van der Waals surface area contributed by atoms with Gasteiger partial charge in [-0.3, -0.25) is 9.79 Å². The second kappa shape index (κ2) is 11.9. The first-order chi connectivity index (χ1) is 15.4. The summed E-state index contributed by atoms with van der Waals surface area (Å²) in [6, 6.07) is 5.68. The number of benzene rings is 1. The van der Waals surface area contributed by atoms with E-state index in [4.69, 9.17) is 24.7 Å². The molecule has 4 N–H and O–H groups in total. The molecule has 1 aromatic rings. The van der Waals surface area contributed by atoms with E-state index in [1.54, 1.807) is 13.8 Å². The fourth-order valence-electron chi connectivity index (χ4n) is 3.24. The quantitative estimate of drug-likeness (QED) is 0.286. The standard InChI is InChI=1S/C23H36N4O5/c1-23(2,21(24)28)16-26-22(25-9-4-10-29-15-18-6-3-11-30-18)27-17-7-8-19-20(14-17)32-13-5-12-31-19/h7-8,14,18H,3-6,9-13,15-16H2,1-2H3,(H2,24,28)(H2,25,26,27). The number of carbonyl (C=O) groups excluding carboxylic acids is 1. The molecule has 1 amide bonds. The Bertz CT molecular complexity index is 778. The highest BCUT2D eigenvalue weighted by Crippen LogP contribution is 2.32. The van der Waals surface area contributed by atoms with Crippen LogP contribution < -0.4 is 25.8 Å². The summed E-state index contributed by atoms with van der Waals surface area (Å²) in [5.74, 6) is 1.61. The number of nitrogens with two attached hydrogens (primary N) is 1. The van der Waals surface area contributed by atoms with Gasteiger partial charge in [0, 0.05) is 37.9 Å². The number of hydrogen-bond acceptors (Lipinski definition) is 6. The first-order valence-electron chi connectivity index (χ1n) is 11.4. The zero-order valence-electron chi connectivity index (χ0n) is 19.2. The minimum atomic E-state index is -0.746. The lowest BCUT2D eigenvalue weighted by atomic mass is 9.93. The van der Waals surface area contributed by atoms with Crippen LogP contribution in [0.3, 0.4) is 0 Å². The first kappa shape index (κ1) is 24.1. The summed E-state index contributed by atoms with van der Waals surface area (Å²) in [7, 11) is 0. The number of carbonyl (C=O) groups is 1. The van der Waals surface area contributed by atoms with Crippen LogP contribution in [0.15, 0.2) is 23.2 Å². The summed E-state index contributed by atoms with van der Waals surface area (Å²) in [4.78, 5) is 16.3. The van der Waals surface area contributed by atoms with Gasteiger partial charge in [-0.05, 0) is 45.2 Å². The topological polar surface area (TPSA) is 116 Å². The molecule has 0 aliphatic carbocycles. The van der Waals surface area contributed by atoms with Crippen LogP contribution in [0.4, 0.5) is 5.69 Å². The molecule has 1 saturated heterocycles. The Morgan fingerprint density at radius 1 is 1.22 bits per heavy atom. The molecule has 2 aliphatic rings. The van der Waals surface area contributed by atoms with Crippen LogP contribution in [-0.4, -0.2) is 64.1 Å². The number of guanidine groups is 1. The van der Waals surface area contributed by atoms with Gasteiger partial charge in [0.1, 0.15) is 0 Å².